The molecule has 0 radical (unpaired) electrons. The van der Waals surface area contributed by atoms with E-state index in [0.29, 0.717) is 5.56 Å². The Bertz CT molecular complexity index is 729. The fraction of sp³-hybridized carbons (Fsp3) is 0.0714. The van der Waals surface area contributed by atoms with Crippen LogP contribution in [0.1, 0.15) is 15.9 Å². The Morgan fingerprint density at radius 1 is 1.00 bits per heavy atom. The molecule has 0 atom stereocenters. The van der Waals surface area contributed by atoms with Crippen LogP contribution in [0.25, 0.3) is 0 Å². The number of non-ortho nitro benzene ring substituents is 1. The lowest BCUT2D eigenvalue weighted by atomic mass is 10.1. The lowest BCUT2D eigenvalue weighted by Gasteiger charge is -2.05. The van der Waals surface area contributed by atoms with Crippen LogP contribution in [0.3, 0.4) is 0 Å². The minimum Gasteiger partial charge on any atom is -0.457 e. The summed E-state index contributed by atoms with van der Waals surface area (Å²) in [6.45, 7) is -0.0838. The van der Waals surface area contributed by atoms with Crippen LogP contribution in [0.4, 0.5) is 11.4 Å². The van der Waals surface area contributed by atoms with Gasteiger partial charge in [0, 0.05) is 18.2 Å². The van der Waals surface area contributed by atoms with Crippen LogP contribution < -0.4 is 0 Å². The molecule has 0 unspecified atom stereocenters. The van der Waals surface area contributed by atoms with Gasteiger partial charge in [0.05, 0.1) is 9.85 Å². The number of ether oxygens (including phenoxy) is 1. The van der Waals surface area contributed by atoms with Crippen LogP contribution in [0.15, 0.2) is 48.5 Å². The Labute approximate surface area is 124 Å². The zero-order valence-electron chi connectivity index (χ0n) is 11.2. The van der Waals surface area contributed by atoms with Gasteiger partial charge in [0.15, 0.2) is 0 Å². The van der Waals surface area contributed by atoms with Crippen LogP contribution in [0, 0.1) is 20.2 Å². The molecular formula is C14H10N2O6. The molecule has 0 aliphatic rings. The standard InChI is InChI=1S/C14H10N2O6/c17-14(22-9-10-4-2-1-3-5-10)12-8-11(15(18)19)6-7-13(12)16(20)21/h1-8H,9H2. The maximum atomic E-state index is 12.0. The summed E-state index contributed by atoms with van der Waals surface area (Å²) >= 11 is 0. The predicted octanol–water partition coefficient (Wildman–Crippen LogP) is 2.86. The van der Waals surface area contributed by atoms with Crippen molar-refractivity contribution in [3.05, 3.63) is 79.9 Å². The van der Waals surface area contributed by atoms with Gasteiger partial charge in [0.1, 0.15) is 12.2 Å². The topological polar surface area (TPSA) is 113 Å². The number of carbonyl (C=O) groups is 1. The third kappa shape index (κ3) is 3.42. The second-order valence-electron chi connectivity index (χ2n) is 4.28. The third-order valence-corrected chi connectivity index (χ3v) is 2.82. The molecule has 0 aromatic heterocycles. The largest absolute Gasteiger partial charge is 0.457 e. The molecule has 0 aliphatic carbocycles. The number of esters is 1. The number of hydrogen-bond donors (Lipinski definition) is 0. The summed E-state index contributed by atoms with van der Waals surface area (Å²) in [4.78, 5) is 32.1. The maximum absolute atomic E-state index is 12.0. The van der Waals surface area contributed by atoms with Crippen molar-refractivity contribution in [2.75, 3.05) is 0 Å². The van der Waals surface area contributed by atoms with E-state index in [1.165, 1.54) is 0 Å². The molecule has 112 valence electrons. The molecule has 0 aliphatic heterocycles. The van der Waals surface area contributed by atoms with Crippen molar-refractivity contribution in [3.8, 4) is 0 Å². The van der Waals surface area contributed by atoms with Gasteiger partial charge in [-0.1, -0.05) is 30.3 Å². The third-order valence-electron chi connectivity index (χ3n) is 2.82. The van der Waals surface area contributed by atoms with Crippen molar-refractivity contribution < 1.29 is 19.4 Å². The summed E-state index contributed by atoms with van der Waals surface area (Å²) in [5, 5.41) is 21.6. The zero-order valence-corrected chi connectivity index (χ0v) is 11.2. The number of nitro benzene ring substituents is 2. The smallest absolute Gasteiger partial charge is 0.345 e. The van der Waals surface area contributed by atoms with E-state index in [1.54, 1.807) is 30.3 Å². The Kier molecular flexibility index (Phi) is 4.42. The van der Waals surface area contributed by atoms with Crippen LogP contribution in [0.5, 0.6) is 0 Å². The minimum atomic E-state index is -0.987. The molecule has 0 fully saturated rings. The van der Waals surface area contributed by atoms with Gasteiger partial charge in [-0.05, 0) is 5.56 Å². The normalized spacial score (nSPS) is 10.0. The molecule has 2 aromatic rings. The first-order chi connectivity index (χ1) is 10.5. The SMILES string of the molecule is O=C(OCc1ccccc1)c1cc([N+](=O)[O-])ccc1[N+](=O)[O-]. The van der Waals surface area contributed by atoms with E-state index in [2.05, 4.69) is 0 Å². The highest BCUT2D eigenvalue weighted by atomic mass is 16.6. The van der Waals surface area contributed by atoms with E-state index in [1.807, 2.05) is 0 Å². The van der Waals surface area contributed by atoms with Gasteiger partial charge < -0.3 is 4.74 Å². The molecule has 0 N–H and O–H groups in total. The maximum Gasteiger partial charge on any atom is 0.345 e. The van der Waals surface area contributed by atoms with Crippen molar-refractivity contribution >= 4 is 17.3 Å². The van der Waals surface area contributed by atoms with E-state index in [9.17, 15) is 25.0 Å². The van der Waals surface area contributed by atoms with Crippen molar-refractivity contribution in [2.45, 2.75) is 6.61 Å². The van der Waals surface area contributed by atoms with Crippen LogP contribution >= 0.6 is 0 Å². The van der Waals surface area contributed by atoms with Gasteiger partial charge in [0.2, 0.25) is 0 Å². The van der Waals surface area contributed by atoms with E-state index in [0.717, 1.165) is 18.2 Å². The van der Waals surface area contributed by atoms with E-state index >= 15 is 0 Å². The number of benzene rings is 2. The van der Waals surface area contributed by atoms with Gasteiger partial charge in [-0.3, -0.25) is 20.2 Å². The number of rotatable bonds is 5. The molecule has 2 rings (SSSR count). The minimum absolute atomic E-state index is 0.0838. The number of carbonyl (C=O) groups excluding carboxylic acids is 1. The van der Waals surface area contributed by atoms with Crippen LogP contribution in [-0.2, 0) is 11.3 Å². The van der Waals surface area contributed by atoms with Crippen molar-refractivity contribution in [3.63, 3.8) is 0 Å². The fourth-order valence-electron chi connectivity index (χ4n) is 1.76. The highest BCUT2D eigenvalue weighted by Gasteiger charge is 2.25. The molecule has 0 bridgehead atoms. The zero-order chi connectivity index (χ0) is 16.1. The summed E-state index contributed by atoms with van der Waals surface area (Å²) in [5.41, 5.74) is -0.708. The van der Waals surface area contributed by atoms with Crippen molar-refractivity contribution in [1.82, 2.24) is 0 Å². The highest BCUT2D eigenvalue weighted by molar-refractivity contribution is 5.94. The van der Waals surface area contributed by atoms with Gasteiger partial charge >= 0.3 is 5.97 Å². The van der Waals surface area contributed by atoms with Gasteiger partial charge in [-0.15, -0.1) is 0 Å². The first kappa shape index (κ1) is 15.1. The highest BCUT2D eigenvalue weighted by Crippen LogP contribution is 2.25. The monoisotopic (exact) mass is 302 g/mol. The molecular weight excluding hydrogens is 292 g/mol. The second-order valence-corrected chi connectivity index (χ2v) is 4.28. The summed E-state index contributed by atoms with van der Waals surface area (Å²) in [6.07, 6.45) is 0. The number of nitro groups is 2. The van der Waals surface area contributed by atoms with Crippen molar-refractivity contribution in [1.29, 1.82) is 0 Å². The van der Waals surface area contributed by atoms with Gasteiger partial charge in [-0.25, -0.2) is 4.79 Å². The lowest BCUT2D eigenvalue weighted by molar-refractivity contribution is -0.389. The molecule has 0 amide bonds. The van der Waals surface area contributed by atoms with Gasteiger partial charge in [-0.2, -0.15) is 0 Å². The first-order valence-electron chi connectivity index (χ1n) is 6.13. The first-order valence-corrected chi connectivity index (χ1v) is 6.13. The summed E-state index contributed by atoms with van der Waals surface area (Å²) in [5.74, 6) is -0.987. The number of nitrogens with zero attached hydrogens (tertiary/aromatic N) is 2. The molecule has 0 heterocycles. The summed E-state index contributed by atoms with van der Waals surface area (Å²) in [7, 11) is 0. The van der Waals surface area contributed by atoms with E-state index in [-0.39, 0.29) is 6.61 Å². The molecule has 8 nitrogen and oxygen atoms in total. The predicted molar refractivity (Wildman–Crippen MR) is 75.3 cm³/mol. The average Bonchev–Trinajstić information content (AvgIpc) is 2.52. The molecule has 2 aromatic carbocycles. The molecule has 0 saturated carbocycles. The Hall–Kier alpha value is -3.29. The van der Waals surface area contributed by atoms with Crippen LogP contribution in [-0.4, -0.2) is 15.8 Å². The van der Waals surface area contributed by atoms with E-state index < -0.39 is 32.8 Å². The fourth-order valence-corrected chi connectivity index (χ4v) is 1.76. The average molecular weight is 302 g/mol. The second kappa shape index (κ2) is 6.44. The quantitative estimate of drug-likeness (QED) is 0.476. The van der Waals surface area contributed by atoms with Gasteiger partial charge in [0.25, 0.3) is 11.4 Å². The Morgan fingerprint density at radius 2 is 1.68 bits per heavy atom. The lowest BCUT2D eigenvalue weighted by Crippen LogP contribution is -2.09. The summed E-state index contributed by atoms with van der Waals surface area (Å²) < 4.78 is 4.97. The Morgan fingerprint density at radius 3 is 2.27 bits per heavy atom. The molecule has 8 heteroatoms. The molecule has 22 heavy (non-hydrogen) atoms. The number of hydrogen-bond acceptors (Lipinski definition) is 6. The van der Waals surface area contributed by atoms with Crippen molar-refractivity contribution in [2.24, 2.45) is 0 Å². The molecule has 0 spiro atoms. The Balaban J connectivity index is 2.25. The molecule has 0 saturated heterocycles. The van der Waals surface area contributed by atoms with E-state index in [4.69, 9.17) is 4.74 Å². The van der Waals surface area contributed by atoms with Crippen LogP contribution in [0.2, 0.25) is 0 Å². The summed E-state index contributed by atoms with van der Waals surface area (Å²) in [6, 6.07) is 11.4.